The zero-order valence-corrected chi connectivity index (χ0v) is 9.20. The summed E-state index contributed by atoms with van der Waals surface area (Å²) >= 11 is 0. The summed E-state index contributed by atoms with van der Waals surface area (Å²) in [5.74, 6) is 1.92. The van der Waals surface area contributed by atoms with E-state index in [1.54, 1.807) is 0 Å². The van der Waals surface area contributed by atoms with E-state index in [4.69, 9.17) is 0 Å². The first-order valence-electron chi connectivity index (χ1n) is 5.45. The maximum atomic E-state index is 10.6. The van der Waals surface area contributed by atoms with Gasteiger partial charge in [-0.05, 0) is 38.8 Å². The summed E-state index contributed by atoms with van der Waals surface area (Å²) in [7, 11) is -0.440. The molecule has 2 aliphatic rings. The fourth-order valence-electron chi connectivity index (χ4n) is 1.61. The van der Waals surface area contributed by atoms with Crippen LogP contribution in [0.2, 0.25) is 0 Å². The molecular weight excluding hydrogens is 182 g/mol. The van der Waals surface area contributed by atoms with E-state index in [-0.39, 0.29) is 0 Å². The summed E-state index contributed by atoms with van der Waals surface area (Å²) in [5, 5.41) is 3.28. The van der Waals surface area contributed by atoms with Crippen LogP contribution in [0, 0.1) is 0 Å². The Morgan fingerprint density at radius 2 is 1.31 bits per heavy atom. The first kappa shape index (κ1) is 11.2. The van der Waals surface area contributed by atoms with Gasteiger partial charge >= 0.3 is 0 Å². The van der Waals surface area contributed by atoms with Gasteiger partial charge in [-0.25, -0.2) is 0 Å². The topological polar surface area (TPSA) is 29.1 Å². The highest BCUT2D eigenvalue weighted by atomic mass is 32.2. The molecule has 2 aliphatic heterocycles. The highest BCUT2D eigenvalue weighted by Crippen LogP contribution is 2.05. The van der Waals surface area contributed by atoms with Crippen LogP contribution in [-0.4, -0.2) is 28.8 Å². The van der Waals surface area contributed by atoms with Gasteiger partial charge in [-0.2, -0.15) is 0 Å². The smallest absolute Gasteiger partial charge is 0.0234 e. The van der Waals surface area contributed by atoms with Crippen molar-refractivity contribution in [2.45, 2.75) is 38.5 Å². The summed E-state index contributed by atoms with van der Waals surface area (Å²) in [4.78, 5) is 0. The molecule has 0 spiro atoms. The maximum Gasteiger partial charge on any atom is 0.0234 e. The second-order valence-corrected chi connectivity index (χ2v) is 5.42. The lowest BCUT2D eigenvalue weighted by Crippen LogP contribution is -2.21. The summed E-state index contributed by atoms with van der Waals surface area (Å²) < 4.78 is 10.6. The minimum absolute atomic E-state index is 0.440. The average Bonchev–Trinajstić information content (AvgIpc) is 2.22. The lowest BCUT2D eigenvalue weighted by atomic mass is 10.2. The van der Waals surface area contributed by atoms with Crippen molar-refractivity contribution in [2.75, 3.05) is 24.6 Å². The van der Waals surface area contributed by atoms with Crippen molar-refractivity contribution in [2.24, 2.45) is 0 Å². The molecule has 0 aliphatic carbocycles. The van der Waals surface area contributed by atoms with Crippen LogP contribution in [0.1, 0.15) is 38.5 Å². The minimum atomic E-state index is -0.440. The molecule has 0 saturated carbocycles. The lowest BCUT2D eigenvalue weighted by Gasteiger charge is -2.08. The summed E-state index contributed by atoms with van der Waals surface area (Å²) in [6.07, 6.45) is 7.89. The monoisotopic (exact) mass is 203 g/mol. The number of nitrogens with one attached hydrogen (secondary N) is 1. The van der Waals surface area contributed by atoms with E-state index in [0.717, 1.165) is 11.5 Å². The molecule has 2 saturated heterocycles. The van der Waals surface area contributed by atoms with Crippen molar-refractivity contribution in [1.82, 2.24) is 5.32 Å². The summed E-state index contributed by atoms with van der Waals surface area (Å²) in [6.45, 7) is 2.50. The first-order chi connectivity index (χ1) is 6.39. The number of hydrogen-bond donors (Lipinski definition) is 1. The van der Waals surface area contributed by atoms with Crippen molar-refractivity contribution in [3.05, 3.63) is 0 Å². The van der Waals surface area contributed by atoms with Crippen molar-refractivity contribution in [3.63, 3.8) is 0 Å². The van der Waals surface area contributed by atoms with Crippen LogP contribution in [0.5, 0.6) is 0 Å². The third-order valence-corrected chi connectivity index (χ3v) is 3.94. The molecule has 0 amide bonds. The maximum absolute atomic E-state index is 10.6. The molecule has 78 valence electrons. The Hall–Kier alpha value is 0.110. The average molecular weight is 203 g/mol. The highest BCUT2D eigenvalue weighted by Gasteiger charge is 2.04. The fourth-order valence-corrected chi connectivity index (χ4v) is 2.86. The normalized spacial score (nSPS) is 24.6. The second kappa shape index (κ2) is 7.51. The molecule has 2 nitrogen and oxygen atoms in total. The Bertz CT molecular complexity index is 126. The highest BCUT2D eigenvalue weighted by molar-refractivity contribution is 7.85. The van der Waals surface area contributed by atoms with Crippen LogP contribution < -0.4 is 5.32 Å². The van der Waals surface area contributed by atoms with Crippen LogP contribution >= 0.6 is 0 Å². The van der Waals surface area contributed by atoms with Gasteiger partial charge in [0.15, 0.2) is 0 Å². The number of piperidine rings is 1. The SMILES string of the molecule is C1CCNCC1.O=S1CCCCC1. The van der Waals surface area contributed by atoms with Gasteiger partial charge in [-0.15, -0.1) is 0 Å². The van der Waals surface area contributed by atoms with Crippen molar-refractivity contribution in [1.29, 1.82) is 0 Å². The lowest BCUT2D eigenvalue weighted by molar-refractivity contribution is 0.520. The van der Waals surface area contributed by atoms with Crippen LogP contribution in [0.3, 0.4) is 0 Å². The number of rotatable bonds is 0. The molecule has 0 aromatic carbocycles. The van der Waals surface area contributed by atoms with Gasteiger partial charge in [0, 0.05) is 22.3 Å². The molecule has 2 fully saturated rings. The van der Waals surface area contributed by atoms with Crippen LogP contribution in [0.4, 0.5) is 0 Å². The van der Waals surface area contributed by atoms with Crippen molar-refractivity contribution >= 4 is 10.8 Å². The minimum Gasteiger partial charge on any atom is -0.317 e. The molecule has 1 N–H and O–H groups in total. The van der Waals surface area contributed by atoms with Gasteiger partial charge < -0.3 is 5.32 Å². The molecule has 0 radical (unpaired) electrons. The van der Waals surface area contributed by atoms with Gasteiger partial charge in [0.1, 0.15) is 0 Å². The Kier molecular flexibility index (Phi) is 6.46. The predicted molar refractivity (Wildman–Crippen MR) is 58.4 cm³/mol. The molecule has 0 bridgehead atoms. The summed E-state index contributed by atoms with van der Waals surface area (Å²) in [5.41, 5.74) is 0. The molecule has 0 aromatic rings. The fraction of sp³-hybridized carbons (Fsp3) is 1.00. The van der Waals surface area contributed by atoms with Gasteiger partial charge in [0.25, 0.3) is 0 Å². The van der Waals surface area contributed by atoms with Crippen LogP contribution in [0.15, 0.2) is 0 Å². The first-order valence-corrected chi connectivity index (χ1v) is 6.94. The Labute approximate surface area is 83.9 Å². The number of hydrogen-bond acceptors (Lipinski definition) is 2. The molecule has 3 heteroatoms. The molecular formula is C10H21NOS. The van der Waals surface area contributed by atoms with Gasteiger partial charge in [-0.3, -0.25) is 4.21 Å². The van der Waals surface area contributed by atoms with E-state index in [9.17, 15) is 4.21 Å². The third kappa shape index (κ3) is 6.22. The van der Waals surface area contributed by atoms with Gasteiger partial charge in [0.05, 0.1) is 0 Å². The molecule has 13 heavy (non-hydrogen) atoms. The Morgan fingerprint density at radius 3 is 1.54 bits per heavy atom. The summed E-state index contributed by atoms with van der Waals surface area (Å²) in [6, 6.07) is 0. The zero-order valence-electron chi connectivity index (χ0n) is 8.39. The van der Waals surface area contributed by atoms with Gasteiger partial charge in [-0.1, -0.05) is 12.8 Å². The zero-order chi connectivity index (χ0) is 9.36. The predicted octanol–water partition coefficient (Wildman–Crippen LogP) is 1.68. The molecule has 0 aromatic heterocycles. The van der Waals surface area contributed by atoms with E-state index in [1.807, 2.05) is 0 Å². The third-order valence-electron chi connectivity index (χ3n) is 2.45. The van der Waals surface area contributed by atoms with E-state index in [2.05, 4.69) is 5.32 Å². The Balaban J connectivity index is 0.000000132. The van der Waals surface area contributed by atoms with E-state index in [1.165, 1.54) is 51.6 Å². The molecule has 2 rings (SSSR count). The second-order valence-electron chi connectivity index (χ2n) is 3.72. The van der Waals surface area contributed by atoms with Crippen molar-refractivity contribution in [3.8, 4) is 0 Å². The molecule has 0 atom stereocenters. The Morgan fingerprint density at radius 1 is 0.769 bits per heavy atom. The quantitative estimate of drug-likeness (QED) is 0.649. The largest absolute Gasteiger partial charge is 0.317 e. The van der Waals surface area contributed by atoms with Crippen molar-refractivity contribution < 1.29 is 4.21 Å². The van der Waals surface area contributed by atoms with E-state index >= 15 is 0 Å². The standard InChI is InChI=1S/C5H11N.C5H10OS/c1-2-4-6-5-3-1;6-7-4-2-1-3-5-7/h6H,1-5H2;1-5H2. The van der Waals surface area contributed by atoms with Gasteiger partial charge in [0.2, 0.25) is 0 Å². The van der Waals surface area contributed by atoms with E-state index in [0.29, 0.717) is 0 Å². The molecule has 2 heterocycles. The van der Waals surface area contributed by atoms with E-state index < -0.39 is 10.8 Å². The van der Waals surface area contributed by atoms with Crippen LogP contribution in [0.25, 0.3) is 0 Å². The van der Waals surface area contributed by atoms with Crippen LogP contribution in [-0.2, 0) is 10.8 Å². The molecule has 0 unspecified atom stereocenters.